The Kier molecular flexibility index (Phi) is 6.09. The normalized spacial score (nSPS) is 17.9. The van der Waals surface area contributed by atoms with Crippen LogP contribution >= 0.6 is 11.6 Å². The molecule has 1 aromatic carbocycles. The van der Waals surface area contributed by atoms with Gasteiger partial charge in [-0.2, -0.15) is 0 Å². The van der Waals surface area contributed by atoms with Crippen LogP contribution in [0.3, 0.4) is 0 Å². The largest absolute Gasteiger partial charge is 0.491 e. The first-order valence-corrected chi connectivity index (χ1v) is 10.5. The molecule has 0 radical (unpaired) electrons. The Labute approximate surface area is 171 Å². The quantitative estimate of drug-likeness (QED) is 0.717. The van der Waals surface area contributed by atoms with Crippen LogP contribution in [-0.2, 0) is 4.74 Å². The summed E-state index contributed by atoms with van der Waals surface area (Å²) in [4.78, 5) is 7.09. The second kappa shape index (κ2) is 8.72. The van der Waals surface area contributed by atoms with Gasteiger partial charge in [0, 0.05) is 37.1 Å². The molecule has 6 nitrogen and oxygen atoms in total. The van der Waals surface area contributed by atoms with Crippen LogP contribution in [0, 0.1) is 0 Å². The first-order chi connectivity index (χ1) is 13.6. The average Bonchev–Trinajstić information content (AvgIpc) is 3.48. The van der Waals surface area contributed by atoms with E-state index >= 15 is 0 Å². The molecule has 1 saturated carbocycles. The van der Waals surface area contributed by atoms with E-state index in [4.69, 9.17) is 30.8 Å². The van der Waals surface area contributed by atoms with Gasteiger partial charge in [0.05, 0.1) is 24.8 Å². The van der Waals surface area contributed by atoms with Crippen molar-refractivity contribution < 1.29 is 14.2 Å². The zero-order valence-electron chi connectivity index (χ0n) is 16.5. The number of rotatable bonds is 8. The number of aromatic nitrogens is 1. The highest BCUT2D eigenvalue weighted by Gasteiger charge is 2.23. The number of ether oxygens (including phenoxy) is 3. The molecule has 1 N–H and O–H groups in total. The van der Waals surface area contributed by atoms with Crippen molar-refractivity contribution in [3.63, 3.8) is 0 Å². The zero-order chi connectivity index (χ0) is 19.5. The van der Waals surface area contributed by atoms with Crippen LogP contribution < -0.4 is 14.8 Å². The standard InChI is InChI=1S/C21H28ClN3O3/c1-14(2)28-18-13-19(23-15-3-4-15)24-21-16(18)5-6-17(20(21)22)27-12-9-25-7-10-26-11-8-25/h5-6,13-15H,3-4,7-12H2,1-2H3,(H,23,24). The van der Waals surface area contributed by atoms with E-state index in [9.17, 15) is 0 Å². The van der Waals surface area contributed by atoms with Gasteiger partial charge in [-0.15, -0.1) is 0 Å². The van der Waals surface area contributed by atoms with E-state index in [1.54, 1.807) is 0 Å². The van der Waals surface area contributed by atoms with E-state index in [1.807, 2.05) is 32.0 Å². The van der Waals surface area contributed by atoms with Crippen molar-refractivity contribution in [3.05, 3.63) is 23.2 Å². The average molecular weight is 406 g/mol. The summed E-state index contributed by atoms with van der Waals surface area (Å²) in [7, 11) is 0. The van der Waals surface area contributed by atoms with Crippen molar-refractivity contribution in [1.82, 2.24) is 9.88 Å². The van der Waals surface area contributed by atoms with Crippen molar-refractivity contribution in [2.75, 3.05) is 44.8 Å². The van der Waals surface area contributed by atoms with Crippen LogP contribution in [0.25, 0.3) is 10.9 Å². The van der Waals surface area contributed by atoms with E-state index in [0.29, 0.717) is 28.9 Å². The lowest BCUT2D eigenvalue weighted by molar-refractivity contribution is 0.0322. The van der Waals surface area contributed by atoms with E-state index in [1.165, 1.54) is 12.8 Å². The molecular weight excluding hydrogens is 378 g/mol. The van der Waals surface area contributed by atoms with Gasteiger partial charge in [0.15, 0.2) is 0 Å². The topological polar surface area (TPSA) is 55.8 Å². The molecule has 1 aromatic heterocycles. The fourth-order valence-electron chi connectivity index (χ4n) is 3.29. The van der Waals surface area contributed by atoms with Crippen molar-refractivity contribution in [2.45, 2.75) is 38.8 Å². The van der Waals surface area contributed by atoms with E-state index in [2.05, 4.69) is 10.2 Å². The molecule has 2 heterocycles. The second-order valence-corrected chi connectivity index (χ2v) is 8.05. The number of pyridine rings is 1. The number of nitrogens with one attached hydrogen (secondary N) is 1. The summed E-state index contributed by atoms with van der Waals surface area (Å²) in [5.74, 6) is 2.26. The van der Waals surface area contributed by atoms with Crippen LogP contribution in [0.15, 0.2) is 18.2 Å². The molecule has 1 aliphatic carbocycles. The monoisotopic (exact) mass is 405 g/mol. The van der Waals surface area contributed by atoms with E-state index in [0.717, 1.165) is 49.8 Å². The number of hydrogen-bond acceptors (Lipinski definition) is 6. The lowest BCUT2D eigenvalue weighted by atomic mass is 10.2. The maximum atomic E-state index is 6.69. The zero-order valence-corrected chi connectivity index (χ0v) is 17.3. The summed E-state index contributed by atoms with van der Waals surface area (Å²) in [5, 5.41) is 4.88. The molecule has 0 unspecified atom stereocenters. The molecule has 0 amide bonds. The van der Waals surface area contributed by atoms with E-state index in [-0.39, 0.29) is 6.10 Å². The first kappa shape index (κ1) is 19.6. The van der Waals surface area contributed by atoms with Crippen LogP contribution in [0.4, 0.5) is 5.82 Å². The van der Waals surface area contributed by atoms with Crippen molar-refractivity contribution >= 4 is 28.3 Å². The number of anilines is 1. The van der Waals surface area contributed by atoms with Gasteiger partial charge in [0.1, 0.15) is 28.9 Å². The first-order valence-electron chi connectivity index (χ1n) is 10.1. The van der Waals surface area contributed by atoms with Crippen LogP contribution in [0.1, 0.15) is 26.7 Å². The minimum atomic E-state index is 0.0719. The molecule has 2 fully saturated rings. The maximum Gasteiger partial charge on any atom is 0.140 e. The maximum absolute atomic E-state index is 6.69. The molecule has 0 bridgehead atoms. The summed E-state index contributed by atoms with van der Waals surface area (Å²) < 4.78 is 17.4. The molecule has 7 heteroatoms. The molecule has 1 aliphatic heterocycles. The molecule has 4 rings (SSSR count). The van der Waals surface area contributed by atoms with Gasteiger partial charge in [-0.1, -0.05) is 11.6 Å². The third kappa shape index (κ3) is 4.80. The summed E-state index contributed by atoms with van der Waals surface area (Å²) in [6.07, 6.45) is 2.43. The Morgan fingerprint density at radius 1 is 1.25 bits per heavy atom. The van der Waals surface area contributed by atoms with Gasteiger partial charge in [0.25, 0.3) is 0 Å². The van der Waals surface area contributed by atoms with Gasteiger partial charge < -0.3 is 19.5 Å². The molecule has 1 saturated heterocycles. The number of nitrogens with zero attached hydrogens (tertiary/aromatic N) is 2. The fourth-order valence-corrected chi connectivity index (χ4v) is 3.55. The molecule has 152 valence electrons. The number of hydrogen-bond donors (Lipinski definition) is 1. The van der Waals surface area contributed by atoms with Gasteiger partial charge in [-0.3, -0.25) is 4.90 Å². The molecule has 0 atom stereocenters. The molecule has 0 spiro atoms. The molecule has 2 aromatic rings. The van der Waals surface area contributed by atoms with E-state index < -0.39 is 0 Å². The van der Waals surface area contributed by atoms with Crippen LogP contribution in [0.2, 0.25) is 5.02 Å². The molecule has 2 aliphatic rings. The second-order valence-electron chi connectivity index (χ2n) is 7.67. The number of benzene rings is 1. The Morgan fingerprint density at radius 2 is 2.04 bits per heavy atom. The Bertz CT molecular complexity index is 820. The third-order valence-corrected chi connectivity index (χ3v) is 5.27. The van der Waals surface area contributed by atoms with Gasteiger partial charge in [0.2, 0.25) is 0 Å². The Morgan fingerprint density at radius 3 is 2.75 bits per heavy atom. The summed E-state index contributed by atoms with van der Waals surface area (Å²) >= 11 is 6.69. The minimum absolute atomic E-state index is 0.0719. The number of fused-ring (bicyclic) bond motifs is 1. The van der Waals surface area contributed by atoms with Gasteiger partial charge >= 0.3 is 0 Å². The SMILES string of the molecule is CC(C)Oc1cc(NC2CC2)nc2c(Cl)c(OCCN3CCOCC3)ccc12. The van der Waals surface area contributed by atoms with Crippen molar-refractivity contribution in [1.29, 1.82) is 0 Å². The summed E-state index contributed by atoms with van der Waals surface area (Å²) in [6, 6.07) is 6.36. The smallest absolute Gasteiger partial charge is 0.140 e. The predicted molar refractivity (Wildman–Crippen MR) is 112 cm³/mol. The Hall–Kier alpha value is -1.76. The van der Waals surface area contributed by atoms with Gasteiger partial charge in [-0.25, -0.2) is 4.98 Å². The van der Waals surface area contributed by atoms with Crippen molar-refractivity contribution in [3.8, 4) is 11.5 Å². The lowest BCUT2D eigenvalue weighted by Crippen LogP contribution is -2.38. The van der Waals surface area contributed by atoms with Crippen LogP contribution in [0.5, 0.6) is 11.5 Å². The minimum Gasteiger partial charge on any atom is -0.491 e. The summed E-state index contributed by atoms with van der Waals surface area (Å²) in [6.45, 7) is 8.95. The predicted octanol–water partition coefficient (Wildman–Crippen LogP) is 3.96. The summed E-state index contributed by atoms with van der Waals surface area (Å²) in [5.41, 5.74) is 0.715. The molecular formula is C21H28ClN3O3. The van der Waals surface area contributed by atoms with Crippen molar-refractivity contribution in [2.24, 2.45) is 0 Å². The Balaban J connectivity index is 1.55. The third-order valence-electron chi connectivity index (χ3n) is 4.91. The highest BCUT2D eigenvalue weighted by atomic mass is 35.5. The highest BCUT2D eigenvalue weighted by Crippen LogP contribution is 2.38. The van der Waals surface area contributed by atoms with Crippen LogP contribution in [-0.4, -0.2) is 61.5 Å². The highest BCUT2D eigenvalue weighted by molar-refractivity contribution is 6.36. The van der Waals surface area contributed by atoms with Gasteiger partial charge in [-0.05, 0) is 38.8 Å². The lowest BCUT2D eigenvalue weighted by Gasteiger charge is -2.26. The number of halogens is 1. The fraction of sp³-hybridized carbons (Fsp3) is 0.571. The number of morpholine rings is 1. The molecule has 28 heavy (non-hydrogen) atoms.